The van der Waals surface area contributed by atoms with Crippen molar-refractivity contribution in [3.05, 3.63) is 17.5 Å². The van der Waals surface area contributed by atoms with Crippen LogP contribution in [0.3, 0.4) is 0 Å². The molecule has 0 saturated carbocycles. The molecule has 1 saturated heterocycles. The van der Waals surface area contributed by atoms with Crippen LogP contribution in [0.25, 0.3) is 0 Å². The van der Waals surface area contributed by atoms with Crippen molar-refractivity contribution in [1.82, 2.24) is 0 Å². The van der Waals surface area contributed by atoms with Crippen LogP contribution >= 0.6 is 11.3 Å². The van der Waals surface area contributed by atoms with E-state index in [1.54, 1.807) is 13.0 Å². The highest BCUT2D eigenvalue weighted by atomic mass is 32.1. The highest BCUT2D eigenvalue weighted by molar-refractivity contribution is 7.11. The van der Waals surface area contributed by atoms with Crippen LogP contribution in [0.2, 0.25) is 0 Å². The van der Waals surface area contributed by atoms with Crippen molar-refractivity contribution in [3.8, 4) is 5.06 Å². The van der Waals surface area contributed by atoms with E-state index in [4.69, 9.17) is 9.47 Å². The van der Waals surface area contributed by atoms with Crippen molar-refractivity contribution in [1.29, 1.82) is 0 Å². The number of rotatable bonds is 2. The van der Waals surface area contributed by atoms with Gasteiger partial charge in [-0.1, -0.05) is 0 Å². The summed E-state index contributed by atoms with van der Waals surface area (Å²) >= 11 is 1.36. The zero-order valence-corrected chi connectivity index (χ0v) is 9.50. The van der Waals surface area contributed by atoms with Crippen molar-refractivity contribution in [3.63, 3.8) is 0 Å². The zero-order chi connectivity index (χ0) is 11.7. The van der Waals surface area contributed by atoms with Crippen LogP contribution in [-0.4, -0.2) is 46.0 Å². The lowest BCUT2D eigenvalue weighted by Gasteiger charge is -2.38. The second kappa shape index (κ2) is 4.68. The second-order valence-electron chi connectivity index (χ2n) is 3.73. The molecule has 1 aromatic rings. The Morgan fingerprint density at radius 1 is 1.25 bits per heavy atom. The van der Waals surface area contributed by atoms with Crippen LogP contribution < -0.4 is 4.74 Å². The Labute approximate surface area is 96.9 Å². The minimum atomic E-state index is -1.26. The summed E-state index contributed by atoms with van der Waals surface area (Å²) < 4.78 is 10.7. The first-order valence-corrected chi connectivity index (χ1v) is 5.87. The van der Waals surface area contributed by atoms with Gasteiger partial charge in [-0.2, -0.15) is 0 Å². The van der Waals surface area contributed by atoms with Gasteiger partial charge in [0.05, 0.1) is 6.10 Å². The Morgan fingerprint density at radius 2 is 2.00 bits per heavy atom. The van der Waals surface area contributed by atoms with Crippen LogP contribution in [0.5, 0.6) is 5.06 Å². The van der Waals surface area contributed by atoms with E-state index in [2.05, 4.69) is 0 Å². The molecule has 2 heterocycles. The summed E-state index contributed by atoms with van der Waals surface area (Å²) in [5.74, 6) is 0. The first-order valence-electron chi connectivity index (χ1n) is 4.99. The first kappa shape index (κ1) is 11.8. The van der Waals surface area contributed by atoms with Crippen LogP contribution in [0, 0.1) is 0 Å². The van der Waals surface area contributed by atoms with Gasteiger partial charge >= 0.3 is 0 Å². The average Bonchev–Trinajstić information content (AvgIpc) is 2.76. The summed E-state index contributed by atoms with van der Waals surface area (Å²) in [5, 5.41) is 31.1. The van der Waals surface area contributed by atoms with Crippen molar-refractivity contribution in [2.24, 2.45) is 0 Å². The summed E-state index contributed by atoms with van der Waals surface area (Å²) in [4.78, 5) is 0. The van der Waals surface area contributed by atoms with Gasteiger partial charge in [0.25, 0.3) is 0 Å². The summed E-state index contributed by atoms with van der Waals surface area (Å²) in [6.45, 7) is 1.62. The Balaban J connectivity index is 2.04. The monoisotopic (exact) mass is 246 g/mol. The molecule has 16 heavy (non-hydrogen) atoms. The fourth-order valence-corrected chi connectivity index (χ4v) is 2.15. The van der Waals surface area contributed by atoms with Gasteiger partial charge in [0, 0.05) is 0 Å². The summed E-state index contributed by atoms with van der Waals surface area (Å²) in [5.41, 5.74) is 0. The van der Waals surface area contributed by atoms with E-state index in [0.717, 1.165) is 0 Å². The number of hydrogen-bond donors (Lipinski definition) is 3. The lowest BCUT2D eigenvalue weighted by molar-refractivity contribution is -0.267. The third kappa shape index (κ3) is 2.21. The first-order chi connectivity index (χ1) is 7.59. The molecule has 5 atom stereocenters. The summed E-state index contributed by atoms with van der Waals surface area (Å²) in [7, 11) is 0. The third-order valence-electron chi connectivity index (χ3n) is 2.54. The largest absolute Gasteiger partial charge is 0.452 e. The molecule has 1 aliphatic rings. The molecule has 1 aromatic heterocycles. The van der Waals surface area contributed by atoms with Gasteiger partial charge < -0.3 is 24.8 Å². The van der Waals surface area contributed by atoms with E-state index in [1.807, 2.05) is 11.4 Å². The Kier molecular flexibility index (Phi) is 3.46. The topological polar surface area (TPSA) is 79.2 Å². The standard InChI is InChI=1S/C10H14O5S/c1-5-7(11)8(12)9(13)10(14-5)15-6-3-2-4-16-6/h2-5,7-13H,1H3/t5-,7+,8+,9-,10-/m1/s1. The maximum Gasteiger partial charge on any atom is 0.230 e. The molecule has 1 aliphatic heterocycles. The van der Waals surface area contributed by atoms with Crippen molar-refractivity contribution < 1.29 is 24.8 Å². The molecule has 0 unspecified atom stereocenters. The van der Waals surface area contributed by atoms with E-state index in [0.29, 0.717) is 5.06 Å². The predicted molar refractivity (Wildman–Crippen MR) is 57.3 cm³/mol. The SMILES string of the molecule is C[C@H]1O[C@H](Oc2cccs2)[C@H](O)[C@@H](O)[C@H]1O. The maximum absolute atomic E-state index is 9.67. The molecule has 90 valence electrons. The van der Waals surface area contributed by atoms with Crippen LogP contribution in [0.15, 0.2) is 17.5 Å². The molecule has 3 N–H and O–H groups in total. The fourth-order valence-electron chi connectivity index (χ4n) is 1.56. The quantitative estimate of drug-likeness (QED) is 0.682. The van der Waals surface area contributed by atoms with Crippen molar-refractivity contribution in [2.75, 3.05) is 0 Å². The highest BCUT2D eigenvalue weighted by Crippen LogP contribution is 2.26. The van der Waals surface area contributed by atoms with Crippen molar-refractivity contribution in [2.45, 2.75) is 37.6 Å². The fraction of sp³-hybridized carbons (Fsp3) is 0.600. The van der Waals surface area contributed by atoms with E-state index < -0.39 is 30.7 Å². The summed E-state index contributed by atoms with van der Waals surface area (Å²) in [6, 6.07) is 3.55. The molecule has 0 radical (unpaired) electrons. The molecule has 5 nitrogen and oxygen atoms in total. The van der Waals surface area contributed by atoms with Gasteiger partial charge in [-0.25, -0.2) is 0 Å². The van der Waals surface area contributed by atoms with Crippen LogP contribution in [0.1, 0.15) is 6.92 Å². The van der Waals surface area contributed by atoms with Crippen molar-refractivity contribution >= 4 is 11.3 Å². The van der Waals surface area contributed by atoms with Crippen LogP contribution in [-0.2, 0) is 4.74 Å². The predicted octanol–water partition coefficient (Wildman–Crippen LogP) is -0.0456. The Bertz CT molecular complexity index is 328. The smallest absolute Gasteiger partial charge is 0.230 e. The minimum absolute atomic E-state index is 0.580. The van der Waals surface area contributed by atoms with Gasteiger partial charge in [0.15, 0.2) is 5.06 Å². The van der Waals surface area contributed by atoms with Gasteiger partial charge in [0.1, 0.15) is 18.3 Å². The van der Waals surface area contributed by atoms with Gasteiger partial charge in [-0.05, 0) is 24.4 Å². The molecular formula is C10H14O5S. The average molecular weight is 246 g/mol. The van der Waals surface area contributed by atoms with E-state index >= 15 is 0 Å². The number of aliphatic hydroxyl groups is 3. The summed E-state index contributed by atoms with van der Waals surface area (Å²) in [6.07, 6.45) is -5.14. The number of aliphatic hydroxyl groups excluding tert-OH is 3. The van der Waals surface area contributed by atoms with E-state index in [1.165, 1.54) is 11.3 Å². The maximum atomic E-state index is 9.67. The Hall–Kier alpha value is -0.660. The second-order valence-corrected chi connectivity index (χ2v) is 4.64. The Morgan fingerprint density at radius 3 is 2.62 bits per heavy atom. The molecular weight excluding hydrogens is 232 g/mol. The third-order valence-corrected chi connectivity index (χ3v) is 3.29. The lowest BCUT2D eigenvalue weighted by atomic mass is 10.0. The molecule has 2 rings (SSSR count). The lowest BCUT2D eigenvalue weighted by Crippen LogP contribution is -2.58. The van der Waals surface area contributed by atoms with Gasteiger partial charge in [0.2, 0.25) is 6.29 Å². The molecule has 1 fully saturated rings. The highest BCUT2D eigenvalue weighted by Gasteiger charge is 2.43. The van der Waals surface area contributed by atoms with Crippen LogP contribution in [0.4, 0.5) is 0 Å². The molecule has 6 heteroatoms. The number of thiophene rings is 1. The number of hydrogen-bond acceptors (Lipinski definition) is 6. The molecule has 0 spiro atoms. The molecule has 0 bridgehead atoms. The number of ether oxygens (including phenoxy) is 2. The van der Waals surface area contributed by atoms with Gasteiger partial charge in [-0.3, -0.25) is 0 Å². The van der Waals surface area contributed by atoms with E-state index in [-0.39, 0.29) is 0 Å². The molecule has 0 aliphatic carbocycles. The normalized spacial score (nSPS) is 39.6. The van der Waals surface area contributed by atoms with Gasteiger partial charge in [-0.15, -0.1) is 11.3 Å². The molecule has 0 amide bonds. The van der Waals surface area contributed by atoms with E-state index in [9.17, 15) is 15.3 Å². The zero-order valence-electron chi connectivity index (χ0n) is 8.69. The molecule has 0 aromatic carbocycles. The minimum Gasteiger partial charge on any atom is -0.452 e.